The van der Waals surface area contributed by atoms with Crippen LogP contribution in [0.1, 0.15) is 16.7 Å². The Balaban J connectivity index is 1.93. The van der Waals surface area contributed by atoms with Crippen molar-refractivity contribution in [1.29, 1.82) is 0 Å². The first kappa shape index (κ1) is 18.9. The molecule has 1 heterocycles. The Morgan fingerprint density at radius 3 is 2.21 bits per heavy atom. The highest BCUT2D eigenvalue weighted by Crippen LogP contribution is 2.30. The highest BCUT2D eigenvalue weighted by Gasteiger charge is 2.22. The molecule has 0 aliphatic carbocycles. The smallest absolute Gasteiger partial charge is 0.268 e. The zero-order valence-corrected chi connectivity index (χ0v) is 16.6. The van der Waals surface area contributed by atoms with Crippen molar-refractivity contribution in [2.24, 2.45) is 0 Å². The number of hydrogen-bond acceptors (Lipinski definition) is 3. The third kappa shape index (κ3) is 3.52. The minimum absolute atomic E-state index is 0.204. The summed E-state index contributed by atoms with van der Waals surface area (Å²) in [7, 11) is -3.80. The van der Waals surface area contributed by atoms with E-state index in [-0.39, 0.29) is 4.90 Å². The normalized spacial score (nSPS) is 12.2. The van der Waals surface area contributed by atoms with Crippen LogP contribution in [0.2, 0.25) is 0 Å². The molecule has 4 nitrogen and oxygen atoms in total. The van der Waals surface area contributed by atoms with Crippen molar-refractivity contribution in [2.75, 3.05) is 0 Å². The van der Waals surface area contributed by atoms with E-state index in [0.29, 0.717) is 22.0 Å². The van der Waals surface area contributed by atoms with Gasteiger partial charge in [-0.25, -0.2) is 12.4 Å². The minimum atomic E-state index is -3.80. The van der Waals surface area contributed by atoms with Gasteiger partial charge in [-0.3, -0.25) is 4.79 Å². The molecular formula is C24H19NO3S. The summed E-state index contributed by atoms with van der Waals surface area (Å²) in [4.78, 5) is 12.1. The average molecular weight is 401 g/mol. The van der Waals surface area contributed by atoms with Crippen LogP contribution < -0.4 is 0 Å². The van der Waals surface area contributed by atoms with E-state index in [9.17, 15) is 13.2 Å². The van der Waals surface area contributed by atoms with E-state index in [4.69, 9.17) is 0 Å². The van der Waals surface area contributed by atoms with E-state index in [1.807, 2.05) is 49.4 Å². The number of benzene rings is 3. The Hall–Kier alpha value is -3.44. The van der Waals surface area contributed by atoms with Gasteiger partial charge in [-0.1, -0.05) is 66.2 Å². The SMILES string of the molecule is Cc1ccc(S(=O)(=O)n2cc(/C(C=O)=C\c3ccccc3)c3ccccc32)cc1. The van der Waals surface area contributed by atoms with Gasteiger partial charge in [-0.15, -0.1) is 0 Å². The topological polar surface area (TPSA) is 56.1 Å². The van der Waals surface area contributed by atoms with Gasteiger partial charge in [0.05, 0.1) is 10.4 Å². The molecule has 144 valence electrons. The molecule has 0 unspecified atom stereocenters. The molecule has 0 saturated carbocycles. The van der Waals surface area contributed by atoms with E-state index >= 15 is 0 Å². The molecule has 29 heavy (non-hydrogen) atoms. The molecule has 0 saturated heterocycles. The van der Waals surface area contributed by atoms with Crippen molar-refractivity contribution in [2.45, 2.75) is 11.8 Å². The van der Waals surface area contributed by atoms with Gasteiger partial charge in [0, 0.05) is 22.7 Å². The third-order valence-electron chi connectivity index (χ3n) is 4.82. The van der Waals surface area contributed by atoms with Crippen LogP contribution in [0.4, 0.5) is 0 Å². The molecule has 0 aliphatic heterocycles. The zero-order valence-electron chi connectivity index (χ0n) is 15.8. The van der Waals surface area contributed by atoms with E-state index in [2.05, 4.69) is 0 Å². The van der Waals surface area contributed by atoms with Gasteiger partial charge < -0.3 is 0 Å². The number of aryl methyl sites for hydroxylation is 1. The molecule has 4 aromatic rings. The summed E-state index contributed by atoms with van der Waals surface area (Å²) in [5.74, 6) is 0. The predicted molar refractivity (Wildman–Crippen MR) is 116 cm³/mol. The van der Waals surface area contributed by atoms with Gasteiger partial charge in [0.25, 0.3) is 10.0 Å². The van der Waals surface area contributed by atoms with Crippen molar-refractivity contribution >= 4 is 38.9 Å². The molecule has 0 bridgehead atoms. The molecule has 0 radical (unpaired) electrons. The quantitative estimate of drug-likeness (QED) is 0.352. The van der Waals surface area contributed by atoms with Gasteiger partial charge in [0.2, 0.25) is 0 Å². The fraction of sp³-hybridized carbons (Fsp3) is 0.0417. The second kappa shape index (κ2) is 7.53. The maximum atomic E-state index is 13.3. The predicted octanol–water partition coefficient (Wildman–Crippen LogP) is 4.93. The summed E-state index contributed by atoms with van der Waals surface area (Å²) in [5, 5.41) is 0.706. The van der Waals surface area contributed by atoms with Crippen LogP contribution in [0, 0.1) is 6.92 Å². The van der Waals surface area contributed by atoms with E-state index in [1.54, 1.807) is 42.5 Å². The first-order chi connectivity index (χ1) is 14.0. The standard InChI is InChI=1S/C24H19NO3S/c1-18-11-13-21(14-12-18)29(27,28)25-16-23(22-9-5-6-10-24(22)25)20(17-26)15-19-7-3-2-4-8-19/h2-17H,1H3/b20-15-. The van der Waals surface area contributed by atoms with Crippen molar-refractivity contribution in [3.05, 3.63) is 102 Å². The molecular weight excluding hydrogens is 382 g/mol. The first-order valence-corrected chi connectivity index (χ1v) is 10.6. The van der Waals surface area contributed by atoms with Crippen molar-refractivity contribution in [1.82, 2.24) is 3.97 Å². The molecule has 0 aliphatic rings. The van der Waals surface area contributed by atoms with Gasteiger partial charge >= 0.3 is 0 Å². The molecule has 0 atom stereocenters. The Bertz CT molecular complexity index is 1320. The molecule has 0 N–H and O–H groups in total. The van der Waals surface area contributed by atoms with Crippen molar-refractivity contribution in [3.8, 4) is 0 Å². The number of rotatable bonds is 5. The fourth-order valence-corrected chi connectivity index (χ4v) is 4.68. The van der Waals surface area contributed by atoms with Crippen LogP contribution in [0.15, 0.2) is 90.0 Å². The largest absolute Gasteiger partial charge is 0.298 e. The van der Waals surface area contributed by atoms with Crippen LogP contribution in [0.3, 0.4) is 0 Å². The lowest BCUT2D eigenvalue weighted by Gasteiger charge is -2.07. The Morgan fingerprint density at radius 2 is 1.52 bits per heavy atom. The first-order valence-electron chi connectivity index (χ1n) is 9.15. The average Bonchev–Trinajstić information content (AvgIpc) is 3.13. The zero-order chi connectivity index (χ0) is 20.4. The summed E-state index contributed by atoms with van der Waals surface area (Å²) in [6.45, 7) is 1.91. The number of para-hydroxylation sites is 1. The van der Waals surface area contributed by atoms with Crippen molar-refractivity contribution in [3.63, 3.8) is 0 Å². The van der Waals surface area contributed by atoms with Crippen LogP contribution >= 0.6 is 0 Å². The lowest BCUT2D eigenvalue weighted by molar-refractivity contribution is -0.103. The minimum Gasteiger partial charge on any atom is -0.298 e. The number of carbonyl (C=O) groups is 1. The van der Waals surface area contributed by atoms with Crippen LogP contribution in [0.25, 0.3) is 22.6 Å². The molecule has 4 rings (SSSR count). The number of fused-ring (bicyclic) bond motifs is 1. The molecule has 5 heteroatoms. The van der Waals surface area contributed by atoms with Gasteiger partial charge in [0.15, 0.2) is 6.29 Å². The molecule has 1 aromatic heterocycles. The Morgan fingerprint density at radius 1 is 0.862 bits per heavy atom. The molecule has 0 spiro atoms. The number of allylic oxidation sites excluding steroid dienone is 1. The van der Waals surface area contributed by atoms with E-state index in [1.165, 1.54) is 10.2 Å². The second-order valence-corrected chi connectivity index (χ2v) is 8.62. The number of aromatic nitrogens is 1. The fourth-order valence-electron chi connectivity index (χ4n) is 3.31. The number of nitrogens with zero attached hydrogens (tertiary/aromatic N) is 1. The summed E-state index contributed by atoms with van der Waals surface area (Å²) < 4.78 is 27.8. The molecule has 0 fully saturated rings. The summed E-state index contributed by atoms with van der Waals surface area (Å²) in [6, 6.07) is 23.4. The highest BCUT2D eigenvalue weighted by atomic mass is 32.2. The number of aldehydes is 1. The third-order valence-corrected chi connectivity index (χ3v) is 6.50. The lowest BCUT2D eigenvalue weighted by atomic mass is 10.0. The molecule has 3 aromatic carbocycles. The number of hydrogen-bond donors (Lipinski definition) is 0. The van der Waals surface area contributed by atoms with Crippen LogP contribution in [-0.2, 0) is 14.8 Å². The Labute approximate surface area is 169 Å². The second-order valence-electron chi connectivity index (χ2n) is 6.80. The maximum Gasteiger partial charge on any atom is 0.268 e. The lowest BCUT2D eigenvalue weighted by Crippen LogP contribution is -2.11. The molecule has 0 amide bonds. The monoisotopic (exact) mass is 401 g/mol. The van der Waals surface area contributed by atoms with Gasteiger partial charge in [-0.05, 0) is 36.8 Å². The summed E-state index contributed by atoms with van der Waals surface area (Å²) >= 11 is 0. The van der Waals surface area contributed by atoms with E-state index in [0.717, 1.165) is 17.4 Å². The highest BCUT2D eigenvalue weighted by molar-refractivity contribution is 7.90. The maximum absolute atomic E-state index is 13.3. The number of carbonyl (C=O) groups excluding carboxylic acids is 1. The van der Waals surface area contributed by atoms with Crippen LogP contribution in [-0.4, -0.2) is 18.7 Å². The summed E-state index contributed by atoms with van der Waals surface area (Å²) in [5.41, 5.74) is 3.38. The van der Waals surface area contributed by atoms with Crippen molar-refractivity contribution < 1.29 is 13.2 Å². The Kier molecular flexibility index (Phi) is 4.91. The van der Waals surface area contributed by atoms with E-state index < -0.39 is 10.0 Å². The summed E-state index contributed by atoms with van der Waals surface area (Å²) in [6.07, 6.45) is 4.05. The van der Waals surface area contributed by atoms with Gasteiger partial charge in [0.1, 0.15) is 0 Å². The van der Waals surface area contributed by atoms with Crippen LogP contribution in [0.5, 0.6) is 0 Å². The van der Waals surface area contributed by atoms with Gasteiger partial charge in [-0.2, -0.15) is 0 Å².